The predicted molar refractivity (Wildman–Crippen MR) is 78.5 cm³/mol. The monoisotopic (exact) mass is 281 g/mol. The second-order valence-electron chi connectivity index (χ2n) is 5.04. The highest BCUT2D eigenvalue weighted by atomic mass is 35.5. The fourth-order valence-electron chi connectivity index (χ4n) is 2.44. The third kappa shape index (κ3) is 3.39. The molecule has 19 heavy (non-hydrogen) atoms. The van der Waals surface area contributed by atoms with Crippen molar-refractivity contribution in [1.29, 1.82) is 0 Å². The first-order chi connectivity index (χ1) is 9.09. The number of piperidine rings is 1. The number of likely N-dealkylation sites (N-methyl/N-ethyl adjacent to an activating group) is 1. The number of nitrogens with zero attached hydrogens (tertiary/aromatic N) is 1. The molecule has 0 spiro atoms. The second-order valence-corrected chi connectivity index (χ2v) is 5.45. The first-order valence-corrected chi connectivity index (χ1v) is 7.00. The van der Waals surface area contributed by atoms with Crippen LogP contribution in [0.15, 0.2) is 18.2 Å². The molecule has 3 N–H and O–H groups in total. The molecule has 1 fully saturated rings. The quantitative estimate of drug-likeness (QED) is 0.835. The van der Waals surface area contributed by atoms with Gasteiger partial charge in [-0.1, -0.05) is 24.1 Å². The summed E-state index contributed by atoms with van der Waals surface area (Å²) in [6, 6.07) is 5.53. The Balaban J connectivity index is 1.95. The van der Waals surface area contributed by atoms with E-state index in [1.54, 1.807) is 18.2 Å². The van der Waals surface area contributed by atoms with Crippen LogP contribution in [-0.2, 0) is 0 Å². The third-order valence-corrected chi connectivity index (χ3v) is 4.05. The lowest BCUT2D eigenvalue weighted by atomic mass is 10.0. The SMILES string of the molecule is CN1CCCCC1CNC(=O)c1cccc(Cl)c1N. The Morgan fingerprint density at radius 2 is 2.32 bits per heavy atom. The zero-order valence-corrected chi connectivity index (χ0v) is 11.9. The number of para-hydroxylation sites is 1. The van der Waals surface area contributed by atoms with E-state index >= 15 is 0 Å². The standard InChI is InChI=1S/C14H20ClN3O/c1-18-8-3-2-5-10(18)9-17-14(19)11-6-4-7-12(15)13(11)16/h4,6-7,10H,2-3,5,8-9,16H2,1H3,(H,17,19). The largest absolute Gasteiger partial charge is 0.397 e. The predicted octanol–water partition coefficient (Wildman–Crippen LogP) is 2.14. The Labute approximate surface area is 118 Å². The van der Waals surface area contributed by atoms with Crippen LogP contribution < -0.4 is 11.1 Å². The molecule has 0 aliphatic carbocycles. The number of halogens is 1. The summed E-state index contributed by atoms with van der Waals surface area (Å²) in [6.07, 6.45) is 3.59. The van der Waals surface area contributed by atoms with E-state index in [2.05, 4.69) is 17.3 Å². The van der Waals surface area contributed by atoms with Crippen molar-refractivity contribution in [1.82, 2.24) is 10.2 Å². The zero-order valence-electron chi connectivity index (χ0n) is 11.2. The lowest BCUT2D eigenvalue weighted by molar-refractivity contribution is 0.0929. The summed E-state index contributed by atoms with van der Waals surface area (Å²) < 4.78 is 0. The summed E-state index contributed by atoms with van der Waals surface area (Å²) in [4.78, 5) is 14.4. The van der Waals surface area contributed by atoms with E-state index in [0.29, 0.717) is 28.9 Å². The van der Waals surface area contributed by atoms with Gasteiger partial charge in [-0.25, -0.2) is 0 Å². The van der Waals surface area contributed by atoms with Crippen molar-refractivity contribution in [2.45, 2.75) is 25.3 Å². The Kier molecular flexibility index (Phi) is 4.66. The molecule has 0 aromatic heterocycles. The van der Waals surface area contributed by atoms with Gasteiger partial charge in [-0.15, -0.1) is 0 Å². The van der Waals surface area contributed by atoms with E-state index in [9.17, 15) is 4.79 Å². The van der Waals surface area contributed by atoms with Crippen molar-refractivity contribution >= 4 is 23.2 Å². The maximum Gasteiger partial charge on any atom is 0.253 e. The summed E-state index contributed by atoms with van der Waals surface area (Å²) >= 11 is 5.92. The zero-order chi connectivity index (χ0) is 13.8. The molecule has 5 heteroatoms. The van der Waals surface area contributed by atoms with E-state index in [4.69, 9.17) is 17.3 Å². The lowest BCUT2D eigenvalue weighted by Gasteiger charge is -2.32. The normalized spacial score (nSPS) is 20.2. The van der Waals surface area contributed by atoms with Crippen molar-refractivity contribution < 1.29 is 4.79 Å². The summed E-state index contributed by atoms with van der Waals surface area (Å²) in [5.41, 5.74) is 6.61. The number of benzene rings is 1. The number of amides is 1. The molecule has 1 aromatic carbocycles. The molecule has 0 saturated carbocycles. The molecule has 1 aliphatic rings. The number of nitrogens with one attached hydrogen (secondary N) is 1. The van der Waals surface area contributed by atoms with E-state index in [1.165, 1.54) is 12.8 Å². The highest BCUT2D eigenvalue weighted by molar-refractivity contribution is 6.33. The number of nitrogens with two attached hydrogens (primary N) is 1. The number of hydrogen-bond donors (Lipinski definition) is 2. The first-order valence-electron chi connectivity index (χ1n) is 6.62. The Morgan fingerprint density at radius 3 is 3.05 bits per heavy atom. The van der Waals surface area contributed by atoms with Crippen molar-refractivity contribution in [2.24, 2.45) is 0 Å². The van der Waals surface area contributed by atoms with Crippen LogP contribution in [0.3, 0.4) is 0 Å². The van der Waals surface area contributed by atoms with Gasteiger partial charge in [-0.05, 0) is 38.6 Å². The molecule has 1 saturated heterocycles. The fraction of sp³-hybridized carbons (Fsp3) is 0.500. The smallest absolute Gasteiger partial charge is 0.253 e. The van der Waals surface area contributed by atoms with Gasteiger partial charge < -0.3 is 16.0 Å². The molecule has 1 atom stereocenters. The van der Waals surface area contributed by atoms with Crippen LogP contribution in [0, 0.1) is 0 Å². The Hall–Kier alpha value is -1.26. The van der Waals surface area contributed by atoms with E-state index in [0.717, 1.165) is 13.0 Å². The van der Waals surface area contributed by atoms with E-state index < -0.39 is 0 Å². The fourth-order valence-corrected chi connectivity index (χ4v) is 2.62. The van der Waals surface area contributed by atoms with Crippen molar-refractivity contribution in [3.8, 4) is 0 Å². The highest BCUT2D eigenvalue weighted by Gasteiger charge is 2.20. The maximum absolute atomic E-state index is 12.1. The maximum atomic E-state index is 12.1. The lowest BCUT2D eigenvalue weighted by Crippen LogP contribution is -2.44. The molecule has 1 unspecified atom stereocenters. The Morgan fingerprint density at radius 1 is 1.53 bits per heavy atom. The summed E-state index contributed by atoms with van der Waals surface area (Å²) in [7, 11) is 2.10. The number of hydrogen-bond acceptors (Lipinski definition) is 3. The summed E-state index contributed by atoms with van der Waals surface area (Å²) in [5.74, 6) is -0.154. The molecule has 104 valence electrons. The molecule has 1 aromatic rings. The minimum absolute atomic E-state index is 0.154. The van der Waals surface area contributed by atoms with Crippen LogP contribution in [0.5, 0.6) is 0 Å². The number of nitrogen functional groups attached to an aromatic ring is 1. The van der Waals surface area contributed by atoms with Gasteiger partial charge in [0.05, 0.1) is 16.3 Å². The van der Waals surface area contributed by atoms with Crippen LogP contribution >= 0.6 is 11.6 Å². The van der Waals surface area contributed by atoms with Gasteiger partial charge in [0.2, 0.25) is 0 Å². The molecule has 1 amide bonds. The first kappa shape index (κ1) is 14.2. The van der Waals surface area contributed by atoms with E-state index in [1.807, 2.05) is 0 Å². The van der Waals surface area contributed by atoms with Crippen LogP contribution in [-0.4, -0.2) is 37.0 Å². The average molecular weight is 282 g/mol. The molecule has 0 radical (unpaired) electrons. The number of rotatable bonds is 3. The molecule has 4 nitrogen and oxygen atoms in total. The number of carbonyl (C=O) groups is 1. The minimum atomic E-state index is -0.154. The van der Waals surface area contributed by atoms with Crippen LogP contribution in [0.2, 0.25) is 5.02 Å². The topological polar surface area (TPSA) is 58.4 Å². The van der Waals surface area contributed by atoms with Gasteiger partial charge in [-0.2, -0.15) is 0 Å². The van der Waals surface area contributed by atoms with Gasteiger partial charge >= 0.3 is 0 Å². The molecule has 1 aliphatic heterocycles. The molecule has 2 rings (SSSR count). The number of likely N-dealkylation sites (tertiary alicyclic amines) is 1. The second kappa shape index (κ2) is 6.26. The minimum Gasteiger partial charge on any atom is -0.397 e. The molecular formula is C14H20ClN3O. The van der Waals surface area contributed by atoms with Gasteiger partial charge in [0, 0.05) is 12.6 Å². The number of carbonyl (C=O) groups excluding carboxylic acids is 1. The van der Waals surface area contributed by atoms with Crippen molar-refractivity contribution in [3.05, 3.63) is 28.8 Å². The third-order valence-electron chi connectivity index (χ3n) is 3.72. The summed E-state index contributed by atoms with van der Waals surface area (Å²) in [5, 5.41) is 3.37. The molecule has 1 heterocycles. The van der Waals surface area contributed by atoms with Gasteiger partial charge in [0.25, 0.3) is 5.91 Å². The molecular weight excluding hydrogens is 262 g/mol. The van der Waals surface area contributed by atoms with Crippen LogP contribution in [0.1, 0.15) is 29.6 Å². The average Bonchev–Trinajstić information content (AvgIpc) is 2.40. The molecule has 0 bridgehead atoms. The van der Waals surface area contributed by atoms with Gasteiger partial charge in [0.1, 0.15) is 0 Å². The Bertz CT molecular complexity index is 464. The van der Waals surface area contributed by atoms with Crippen molar-refractivity contribution in [2.75, 3.05) is 25.9 Å². The van der Waals surface area contributed by atoms with Crippen LogP contribution in [0.25, 0.3) is 0 Å². The van der Waals surface area contributed by atoms with Gasteiger partial charge in [0.15, 0.2) is 0 Å². The number of anilines is 1. The van der Waals surface area contributed by atoms with Crippen LogP contribution in [0.4, 0.5) is 5.69 Å². The van der Waals surface area contributed by atoms with E-state index in [-0.39, 0.29) is 5.91 Å². The summed E-state index contributed by atoms with van der Waals surface area (Å²) in [6.45, 7) is 1.75. The van der Waals surface area contributed by atoms with Gasteiger partial charge in [-0.3, -0.25) is 4.79 Å². The van der Waals surface area contributed by atoms with Crippen molar-refractivity contribution in [3.63, 3.8) is 0 Å². The highest BCUT2D eigenvalue weighted by Crippen LogP contribution is 2.22.